The summed E-state index contributed by atoms with van der Waals surface area (Å²) in [6.07, 6.45) is -0.192. The van der Waals surface area contributed by atoms with Crippen LogP contribution in [0.4, 0.5) is 4.39 Å². The van der Waals surface area contributed by atoms with Crippen LogP contribution >= 0.6 is 11.6 Å². The Morgan fingerprint density at radius 3 is 1.87 bits per heavy atom. The Kier molecular flexibility index (Phi) is 4.80. The third-order valence-corrected chi connectivity index (χ3v) is 6.00. The zero-order chi connectivity index (χ0) is 20.6. The highest BCUT2D eigenvalue weighted by Gasteiger charge is 2.50. The molecule has 3 nitrogen and oxygen atoms in total. The summed E-state index contributed by atoms with van der Waals surface area (Å²) in [5.41, 5.74) is 3.75. The molecule has 4 aromatic rings. The standard InChI is InChI=1S/C25H19ClFN3/c26-20-13-11-19(12-14-20)25(15-21(27)16-25)24-28-22(17-7-3-1-4-8-17)23(29-30-24)18-9-5-2-6-10-18/h1-14,21H,15-16H2. The predicted molar refractivity (Wildman–Crippen MR) is 117 cm³/mol. The maximum Gasteiger partial charge on any atom is 0.162 e. The van der Waals surface area contributed by atoms with Crippen LogP contribution in [0.2, 0.25) is 5.02 Å². The molecule has 5 rings (SSSR count). The van der Waals surface area contributed by atoms with Crippen LogP contribution in [0.15, 0.2) is 84.9 Å². The van der Waals surface area contributed by atoms with Crippen molar-refractivity contribution < 1.29 is 4.39 Å². The largest absolute Gasteiger partial charge is 0.247 e. The van der Waals surface area contributed by atoms with Gasteiger partial charge >= 0.3 is 0 Å². The molecule has 1 fully saturated rings. The van der Waals surface area contributed by atoms with Crippen molar-refractivity contribution in [3.8, 4) is 22.5 Å². The van der Waals surface area contributed by atoms with E-state index in [4.69, 9.17) is 16.6 Å². The summed E-state index contributed by atoms with van der Waals surface area (Å²) >= 11 is 6.07. The molecule has 3 aromatic carbocycles. The van der Waals surface area contributed by atoms with E-state index < -0.39 is 11.6 Å². The molecular formula is C25H19ClFN3. The van der Waals surface area contributed by atoms with E-state index in [1.165, 1.54) is 0 Å². The molecule has 0 bridgehead atoms. The molecule has 1 heterocycles. The molecule has 5 heteroatoms. The van der Waals surface area contributed by atoms with Gasteiger partial charge in [0.05, 0.1) is 5.41 Å². The van der Waals surface area contributed by atoms with E-state index in [0.717, 1.165) is 22.4 Å². The summed E-state index contributed by atoms with van der Waals surface area (Å²) < 4.78 is 14.1. The van der Waals surface area contributed by atoms with Crippen molar-refractivity contribution in [3.05, 3.63) is 101 Å². The van der Waals surface area contributed by atoms with E-state index in [2.05, 4.69) is 10.2 Å². The molecule has 0 N–H and O–H groups in total. The first-order chi connectivity index (χ1) is 14.7. The molecule has 0 spiro atoms. The molecule has 0 atom stereocenters. The SMILES string of the molecule is FC1CC(c2ccc(Cl)cc2)(c2nnc(-c3ccccc3)c(-c3ccccc3)n2)C1. The topological polar surface area (TPSA) is 38.7 Å². The number of aromatic nitrogens is 3. The Bertz CT molecular complexity index is 1160. The Labute approximate surface area is 179 Å². The van der Waals surface area contributed by atoms with Gasteiger partial charge in [-0.1, -0.05) is 84.4 Å². The highest BCUT2D eigenvalue weighted by atomic mass is 35.5. The fraction of sp³-hybridized carbons (Fsp3) is 0.160. The molecule has 1 saturated carbocycles. The maximum atomic E-state index is 14.1. The van der Waals surface area contributed by atoms with E-state index >= 15 is 0 Å². The molecule has 0 saturated heterocycles. The second-order valence-electron chi connectivity index (χ2n) is 7.66. The van der Waals surface area contributed by atoms with E-state index in [-0.39, 0.29) is 0 Å². The third kappa shape index (κ3) is 3.27. The number of benzene rings is 3. The number of rotatable bonds is 4. The molecule has 1 aromatic heterocycles. The van der Waals surface area contributed by atoms with Gasteiger partial charge in [-0.3, -0.25) is 0 Å². The van der Waals surface area contributed by atoms with Crippen LogP contribution in [-0.2, 0) is 5.41 Å². The Hall–Kier alpha value is -3.11. The average Bonchev–Trinajstić information content (AvgIpc) is 2.78. The van der Waals surface area contributed by atoms with Crippen molar-refractivity contribution in [2.45, 2.75) is 24.4 Å². The van der Waals surface area contributed by atoms with Crippen LogP contribution in [0.25, 0.3) is 22.5 Å². The summed E-state index contributed by atoms with van der Waals surface area (Å²) in [6.45, 7) is 0. The zero-order valence-corrected chi connectivity index (χ0v) is 16.9. The average molecular weight is 416 g/mol. The Morgan fingerprint density at radius 1 is 0.733 bits per heavy atom. The van der Waals surface area contributed by atoms with E-state index in [1.54, 1.807) is 0 Å². The summed E-state index contributed by atoms with van der Waals surface area (Å²) in [6, 6.07) is 27.3. The molecule has 30 heavy (non-hydrogen) atoms. The van der Waals surface area contributed by atoms with Crippen LogP contribution in [0.5, 0.6) is 0 Å². The number of halogens is 2. The van der Waals surface area contributed by atoms with Gasteiger partial charge in [0.15, 0.2) is 5.82 Å². The summed E-state index contributed by atoms with van der Waals surface area (Å²) in [4.78, 5) is 4.97. The first-order valence-corrected chi connectivity index (χ1v) is 10.3. The minimum atomic E-state index is -0.877. The molecule has 0 radical (unpaired) electrons. The van der Waals surface area contributed by atoms with Crippen molar-refractivity contribution in [3.63, 3.8) is 0 Å². The maximum absolute atomic E-state index is 14.1. The molecule has 0 amide bonds. The number of nitrogens with zero attached hydrogens (tertiary/aromatic N) is 3. The van der Waals surface area contributed by atoms with Gasteiger partial charge in [-0.15, -0.1) is 10.2 Å². The highest BCUT2D eigenvalue weighted by Crippen LogP contribution is 2.49. The van der Waals surface area contributed by atoms with Gasteiger partial charge < -0.3 is 0 Å². The van der Waals surface area contributed by atoms with E-state index in [0.29, 0.717) is 29.4 Å². The van der Waals surface area contributed by atoms with Crippen molar-refractivity contribution in [2.24, 2.45) is 0 Å². The van der Waals surface area contributed by atoms with Gasteiger partial charge in [0, 0.05) is 16.1 Å². The summed E-state index contributed by atoms with van der Waals surface area (Å²) in [7, 11) is 0. The number of hydrogen-bond acceptors (Lipinski definition) is 3. The minimum absolute atomic E-state index is 0.342. The predicted octanol–water partition coefficient (Wildman–Crippen LogP) is 6.28. The van der Waals surface area contributed by atoms with Crippen LogP contribution in [0.1, 0.15) is 24.2 Å². The lowest BCUT2D eigenvalue weighted by Gasteiger charge is -2.43. The molecule has 0 aliphatic heterocycles. The van der Waals surface area contributed by atoms with Crippen molar-refractivity contribution in [1.29, 1.82) is 0 Å². The fourth-order valence-electron chi connectivity index (χ4n) is 4.13. The normalized spacial score (nSPS) is 20.5. The van der Waals surface area contributed by atoms with Crippen LogP contribution in [0.3, 0.4) is 0 Å². The summed E-state index contributed by atoms with van der Waals surface area (Å²) in [5.74, 6) is 0.553. The zero-order valence-electron chi connectivity index (χ0n) is 16.2. The third-order valence-electron chi connectivity index (χ3n) is 5.75. The number of hydrogen-bond donors (Lipinski definition) is 0. The smallest absolute Gasteiger partial charge is 0.162 e. The van der Waals surface area contributed by atoms with Gasteiger partial charge in [0.25, 0.3) is 0 Å². The second kappa shape index (κ2) is 7.62. The van der Waals surface area contributed by atoms with Crippen LogP contribution < -0.4 is 0 Å². The van der Waals surface area contributed by atoms with Gasteiger partial charge in [0.2, 0.25) is 0 Å². The van der Waals surface area contributed by atoms with Gasteiger partial charge in [-0.05, 0) is 30.5 Å². The fourth-order valence-corrected chi connectivity index (χ4v) is 4.26. The highest BCUT2D eigenvalue weighted by molar-refractivity contribution is 6.30. The van der Waals surface area contributed by atoms with Crippen molar-refractivity contribution in [1.82, 2.24) is 15.2 Å². The quantitative estimate of drug-likeness (QED) is 0.394. The van der Waals surface area contributed by atoms with Gasteiger partial charge in [-0.2, -0.15) is 0 Å². The lowest BCUT2D eigenvalue weighted by Crippen LogP contribution is -2.45. The first kappa shape index (κ1) is 18.9. The number of alkyl halides is 1. The van der Waals surface area contributed by atoms with E-state index in [9.17, 15) is 4.39 Å². The molecule has 148 valence electrons. The molecule has 0 unspecified atom stereocenters. The minimum Gasteiger partial charge on any atom is -0.247 e. The molecule has 1 aliphatic rings. The second-order valence-corrected chi connectivity index (χ2v) is 8.10. The first-order valence-electron chi connectivity index (χ1n) is 9.92. The Balaban J connectivity index is 1.69. The van der Waals surface area contributed by atoms with Crippen molar-refractivity contribution >= 4 is 11.6 Å². The lowest BCUT2D eigenvalue weighted by atomic mass is 9.62. The van der Waals surface area contributed by atoms with Gasteiger partial charge in [0.1, 0.15) is 17.6 Å². The Morgan fingerprint density at radius 2 is 1.30 bits per heavy atom. The van der Waals surface area contributed by atoms with E-state index in [1.807, 2.05) is 84.9 Å². The van der Waals surface area contributed by atoms with Gasteiger partial charge in [-0.25, -0.2) is 9.37 Å². The van der Waals surface area contributed by atoms with Crippen LogP contribution in [-0.4, -0.2) is 21.4 Å². The monoisotopic (exact) mass is 415 g/mol. The lowest BCUT2D eigenvalue weighted by molar-refractivity contribution is 0.116. The van der Waals surface area contributed by atoms with Crippen LogP contribution in [0, 0.1) is 0 Å². The molecular weight excluding hydrogens is 397 g/mol. The van der Waals surface area contributed by atoms with Crippen molar-refractivity contribution in [2.75, 3.05) is 0 Å². The summed E-state index contributed by atoms with van der Waals surface area (Å²) in [5, 5.41) is 9.73. The molecule has 1 aliphatic carbocycles.